The van der Waals surface area contributed by atoms with Crippen molar-refractivity contribution in [1.29, 1.82) is 0 Å². The van der Waals surface area contributed by atoms with Gasteiger partial charge in [0.2, 0.25) is 0 Å². The lowest BCUT2D eigenvalue weighted by Crippen LogP contribution is -2.11. The molecule has 0 aliphatic rings. The fraction of sp³-hybridized carbons (Fsp3) is 0.625. The van der Waals surface area contributed by atoms with Gasteiger partial charge in [0.1, 0.15) is 6.54 Å². The van der Waals surface area contributed by atoms with Crippen LogP contribution in [0.1, 0.15) is 12.1 Å². The van der Waals surface area contributed by atoms with Crippen LogP contribution in [-0.4, -0.2) is 34.6 Å². The Kier molecular flexibility index (Phi) is 10.3. The molecule has 6 nitrogen and oxygen atoms in total. The molecule has 2 N–H and O–H groups in total. The van der Waals surface area contributed by atoms with Gasteiger partial charge in [-0.15, -0.1) is 29.9 Å². The van der Waals surface area contributed by atoms with Gasteiger partial charge in [-0.3, -0.25) is 4.79 Å². The van der Waals surface area contributed by atoms with E-state index in [1.807, 2.05) is 0 Å². The van der Waals surface area contributed by atoms with Crippen LogP contribution in [0.3, 0.4) is 0 Å². The lowest BCUT2D eigenvalue weighted by molar-refractivity contribution is -0.141. The molecular weight excluding hydrogens is 255 g/mol. The number of esters is 1. The van der Waals surface area contributed by atoms with E-state index in [2.05, 4.69) is 15.0 Å². The number of hydrogen-bond acceptors (Lipinski definition) is 5. The Morgan fingerprint density at radius 2 is 2.25 bits per heavy atom. The molecule has 1 heterocycles. The summed E-state index contributed by atoms with van der Waals surface area (Å²) in [4.78, 5) is 10.9. The van der Waals surface area contributed by atoms with Gasteiger partial charge in [-0.1, -0.05) is 5.21 Å². The monoisotopic (exact) mass is 270 g/mol. The summed E-state index contributed by atoms with van der Waals surface area (Å²) < 4.78 is 5.95. The summed E-state index contributed by atoms with van der Waals surface area (Å²) in [7, 11) is 1.34. The molecule has 0 saturated carbocycles. The number of nitrogens with zero attached hydrogens (tertiary/aromatic N) is 3. The molecule has 0 saturated heterocycles. The number of rotatable bonds is 5. The molecule has 94 valence electrons. The fourth-order valence-corrected chi connectivity index (χ4v) is 1.01. The average Bonchev–Trinajstić information content (AvgIpc) is 2.62. The molecule has 8 heteroatoms. The third-order valence-corrected chi connectivity index (χ3v) is 1.74. The molecule has 0 aliphatic heterocycles. The third-order valence-electron chi connectivity index (χ3n) is 1.74. The lowest BCUT2D eigenvalue weighted by Gasteiger charge is -1.96. The van der Waals surface area contributed by atoms with Crippen LogP contribution in [-0.2, 0) is 22.5 Å². The Hall–Kier alpha value is -0.850. The Morgan fingerprint density at radius 1 is 1.56 bits per heavy atom. The SMILES string of the molecule is COC(=O)Cn1cc(CCCN)nn1.Cl.Cl. The van der Waals surface area contributed by atoms with Gasteiger partial charge >= 0.3 is 5.97 Å². The predicted molar refractivity (Wildman–Crippen MR) is 63.9 cm³/mol. The van der Waals surface area contributed by atoms with Crippen LogP contribution in [0.25, 0.3) is 0 Å². The summed E-state index contributed by atoms with van der Waals surface area (Å²) in [5, 5.41) is 7.67. The molecule has 0 spiro atoms. The zero-order valence-electron chi connectivity index (χ0n) is 8.96. The first-order valence-corrected chi connectivity index (χ1v) is 4.42. The summed E-state index contributed by atoms with van der Waals surface area (Å²) in [5.41, 5.74) is 6.20. The number of ether oxygens (including phenoxy) is 1. The third kappa shape index (κ3) is 5.89. The smallest absolute Gasteiger partial charge is 0.327 e. The molecular formula is C8H16Cl2N4O2. The molecule has 0 aliphatic carbocycles. The average molecular weight is 271 g/mol. The first kappa shape index (κ1) is 17.5. The fourth-order valence-electron chi connectivity index (χ4n) is 1.01. The molecule has 0 bridgehead atoms. The first-order chi connectivity index (χ1) is 6.76. The standard InChI is InChI=1S/C8H14N4O2.2ClH/c1-14-8(13)6-12-5-7(10-11-12)3-2-4-9;;/h5H,2-4,6,9H2,1H3;2*1H. The number of aromatic nitrogens is 3. The van der Waals surface area contributed by atoms with Crippen LogP contribution >= 0.6 is 24.8 Å². The van der Waals surface area contributed by atoms with Gasteiger partial charge in [0.05, 0.1) is 12.8 Å². The van der Waals surface area contributed by atoms with Crippen LogP contribution in [0.15, 0.2) is 6.20 Å². The summed E-state index contributed by atoms with van der Waals surface area (Å²) >= 11 is 0. The van der Waals surface area contributed by atoms with E-state index in [4.69, 9.17) is 5.73 Å². The first-order valence-electron chi connectivity index (χ1n) is 4.42. The Balaban J connectivity index is 0. The number of carbonyl (C=O) groups is 1. The molecule has 16 heavy (non-hydrogen) atoms. The van der Waals surface area contributed by atoms with E-state index in [1.165, 1.54) is 11.8 Å². The zero-order valence-corrected chi connectivity index (χ0v) is 10.6. The molecule has 0 unspecified atom stereocenters. The molecule has 1 aromatic rings. The number of methoxy groups -OCH3 is 1. The van der Waals surface area contributed by atoms with E-state index in [0.29, 0.717) is 6.54 Å². The molecule has 0 atom stereocenters. The van der Waals surface area contributed by atoms with Crippen molar-refractivity contribution in [2.24, 2.45) is 5.73 Å². The van der Waals surface area contributed by atoms with Gasteiger partial charge in [0.15, 0.2) is 0 Å². The second-order valence-electron chi connectivity index (χ2n) is 2.88. The van der Waals surface area contributed by atoms with Crippen LogP contribution in [0.2, 0.25) is 0 Å². The molecule has 0 radical (unpaired) electrons. The normalized spacial score (nSPS) is 8.88. The second-order valence-corrected chi connectivity index (χ2v) is 2.88. The second kappa shape index (κ2) is 9.38. The number of halogens is 2. The van der Waals surface area contributed by atoms with Crippen LogP contribution in [0.5, 0.6) is 0 Å². The quantitative estimate of drug-likeness (QED) is 0.773. The minimum absolute atomic E-state index is 0. The van der Waals surface area contributed by atoms with Crippen molar-refractivity contribution in [2.45, 2.75) is 19.4 Å². The summed E-state index contributed by atoms with van der Waals surface area (Å²) in [6.45, 7) is 0.732. The van der Waals surface area contributed by atoms with Crippen molar-refractivity contribution >= 4 is 30.8 Å². The molecule has 1 rings (SSSR count). The van der Waals surface area contributed by atoms with Gasteiger partial charge < -0.3 is 10.5 Å². The van der Waals surface area contributed by atoms with Crippen molar-refractivity contribution in [3.05, 3.63) is 11.9 Å². The van der Waals surface area contributed by atoms with E-state index < -0.39 is 0 Å². The number of aryl methyl sites for hydroxylation is 1. The van der Waals surface area contributed by atoms with Gasteiger partial charge in [-0.2, -0.15) is 0 Å². The highest BCUT2D eigenvalue weighted by Gasteiger charge is 2.04. The van der Waals surface area contributed by atoms with Crippen molar-refractivity contribution in [2.75, 3.05) is 13.7 Å². The highest BCUT2D eigenvalue weighted by molar-refractivity contribution is 5.85. The van der Waals surface area contributed by atoms with E-state index in [-0.39, 0.29) is 37.3 Å². The summed E-state index contributed by atoms with van der Waals surface area (Å²) in [6.07, 6.45) is 3.39. The van der Waals surface area contributed by atoms with Crippen molar-refractivity contribution in [3.8, 4) is 0 Å². The predicted octanol–water partition coefficient (Wildman–Crippen LogP) is 0.186. The molecule has 0 fully saturated rings. The van der Waals surface area contributed by atoms with E-state index in [1.54, 1.807) is 6.20 Å². The van der Waals surface area contributed by atoms with Gasteiger partial charge in [0, 0.05) is 6.20 Å². The van der Waals surface area contributed by atoms with Crippen molar-refractivity contribution in [1.82, 2.24) is 15.0 Å². The van der Waals surface area contributed by atoms with Crippen LogP contribution in [0.4, 0.5) is 0 Å². The van der Waals surface area contributed by atoms with Gasteiger partial charge in [-0.25, -0.2) is 4.68 Å². The van der Waals surface area contributed by atoms with E-state index >= 15 is 0 Å². The highest BCUT2D eigenvalue weighted by atomic mass is 35.5. The maximum atomic E-state index is 10.9. The number of carbonyl (C=O) groups excluding carboxylic acids is 1. The Morgan fingerprint density at radius 3 is 2.81 bits per heavy atom. The maximum absolute atomic E-state index is 10.9. The largest absolute Gasteiger partial charge is 0.468 e. The maximum Gasteiger partial charge on any atom is 0.327 e. The topological polar surface area (TPSA) is 83.0 Å². The Bertz CT molecular complexity index is 306. The van der Waals surface area contributed by atoms with Crippen molar-refractivity contribution < 1.29 is 9.53 Å². The lowest BCUT2D eigenvalue weighted by atomic mass is 10.2. The van der Waals surface area contributed by atoms with Gasteiger partial charge in [0.25, 0.3) is 0 Å². The molecule has 0 aromatic carbocycles. The number of nitrogens with two attached hydrogens (primary N) is 1. The minimum atomic E-state index is -0.333. The summed E-state index contributed by atoms with van der Waals surface area (Å²) in [6, 6.07) is 0. The highest BCUT2D eigenvalue weighted by Crippen LogP contribution is 1.97. The van der Waals surface area contributed by atoms with Crippen LogP contribution < -0.4 is 5.73 Å². The van der Waals surface area contributed by atoms with E-state index in [9.17, 15) is 4.79 Å². The van der Waals surface area contributed by atoms with Crippen LogP contribution in [0, 0.1) is 0 Å². The molecule has 1 aromatic heterocycles. The zero-order chi connectivity index (χ0) is 10.4. The van der Waals surface area contributed by atoms with Crippen molar-refractivity contribution in [3.63, 3.8) is 0 Å². The molecule has 0 amide bonds. The van der Waals surface area contributed by atoms with E-state index in [0.717, 1.165) is 18.5 Å². The number of hydrogen-bond donors (Lipinski definition) is 1. The minimum Gasteiger partial charge on any atom is -0.468 e. The Labute approximate surface area is 106 Å². The summed E-state index contributed by atoms with van der Waals surface area (Å²) in [5.74, 6) is -0.333. The van der Waals surface area contributed by atoms with Gasteiger partial charge in [-0.05, 0) is 19.4 Å².